The van der Waals surface area contributed by atoms with E-state index in [1.165, 1.54) is 4.90 Å². The van der Waals surface area contributed by atoms with Crippen LogP contribution in [0.15, 0.2) is 12.3 Å². The molecule has 0 atom stereocenters. The normalized spacial score (nSPS) is 11.8. The number of rotatable bonds is 2. The summed E-state index contributed by atoms with van der Waals surface area (Å²) in [5.74, 6) is 0. The number of allylic oxidation sites excluding steroid dienone is 1. The molecule has 0 rings (SSSR count). The van der Waals surface area contributed by atoms with E-state index >= 15 is 0 Å². The van der Waals surface area contributed by atoms with Crippen molar-refractivity contribution in [1.82, 2.24) is 4.90 Å². The van der Waals surface area contributed by atoms with Crippen molar-refractivity contribution in [2.45, 2.75) is 39.7 Å². The maximum atomic E-state index is 11.3. The number of carbonyl (C=O) groups is 1. The van der Waals surface area contributed by atoms with Crippen molar-refractivity contribution in [3.8, 4) is 0 Å². The average molecular weight is 185 g/mol. The third-order valence-electron chi connectivity index (χ3n) is 1.25. The monoisotopic (exact) mass is 185 g/mol. The standard InChI is InChI=1S/C10H19NO2/c1-6-7-8-11(5)9(12)13-10(2,3)4/h7-8H,6H2,1-5H3/b8-7-. The quantitative estimate of drug-likeness (QED) is 0.662. The van der Waals surface area contributed by atoms with E-state index in [1.54, 1.807) is 13.2 Å². The first-order chi connectivity index (χ1) is 5.87. The number of nitrogens with zero attached hydrogens (tertiary/aromatic N) is 1. The summed E-state index contributed by atoms with van der Waals surface area (Å²) in [5, 5.41) is 0. The molecule has 13 heavy (non-hydrogen) atoms. The smallest absolute Gasteiger partial charge is 0.414 e. The molecule has 0 radical (unpaired) electrons. The van der Waals surface area contributed by atoms with Crippen LogP contribution < -0.4 is 0 Å². The Morgan fingerprint density at radius 3 is 2.38 bits per heavy atom. The summed E-state index contributed by atoms with van der Waals surface area (Å²) in [6.45, 7) is 7.56. The summed E-state index contributed by atoms with van der Waals surface area (Å²) in [6.07, 6.45) is 4.21. The van der Waals surface area contributed by atoms with Crippen molar-refractivity contribution in [1.29, 1.82) is 0 Å². The van der Waals surface area contributed by atoms with Gasteiger partial charge >= 0.3 is 6.09 Å². The van der Waals surface area contributed by atoms with Gasteiger partial charge in [0.15, 0.2) is 0 Å². The van der Waals surface area contributed by atoms with Gasteiger partial charge in [-0.15, -0.1) is 0 Å². The van der Waals surface area contributed by atoms with Crippen LogP contribution >= 0.6 is 0 Å². The van der Waals surface area contributed by atoms with Gasteiger partial charge in [0.25, 0.3) is 0 Å². The molecule has 0 N–H and O–H groups in total. The number of carbonyl (C=O) groups excluding carboxylic acids is 1. The van der Waals surface area contributed by atoms with Crippen molar-refractivity contribution < 1.29 is 9.53 Å². The second kappa shape index (κ2) is 4.90. The largest absolute Gasteiger partial charge is 0.443 e. The Bertz CT molecular complexity index is 192. The fourth-order valence-electron chi connectivity index (χ4n) is 0.658. The molecular weight excluding hydrogens is 166 g/mol. The number of ether oxygens (including phenoxy) is 1. The van der Waals surface area contributed by atoms with Gasteiger partial charge in [-0.2, -0.15) is 0 Å². The van der Waals surface area contributed by atoms with Crippen LogP contribution in [0.2, 0.25) is 0 Å². The van der Waals surface area contributed by atoms with Crippen LogP contribution in [0, 0.1) is 0 Å². The van der Waals surface area contributed by atoms with Crippen LogP contribution in [-0.4, -0.2) is 23.6 Å². The molecule has 1 amide bonds. The zero-order chi connectivity index (χ0) is 10.5. The Hall–Kier alpha value is -0.990. The molecule has 0 aromatic heterocycles. The molecule has 0 fully saturated rings. The van der Waals surface area contributed by atoms with Crippen molar-refractivity contribution in [3.05, 3.63) is 12.3 Å². The van der Waals surface area contributed by atoms with Crippen LogP contribution in [0.1, 0.15) is 34.1 Å². The number of amides is 1. The van der Waals surface area contributed by atoms with Gasteiger partial charge in [-0.3, -0.25) is 4.90 Å². The molecule has 0 aliphatic rings. The lowest BCUT2D eigenvalue weighted by atomic mass is 10.2. The Labute approximate surface area is 80.4 Å². The lowest BCUT2D eigenvalue weighted by Gasteiger charge is -2.22. The van der Waals surface area contributed by atoms with Crippen LogP contribution in [0.25, 0.3) is 0 Å². The zero-order valence-electron chi connectivity index (χ0n) is 9.13. The summed E-state index contributed by atoms with van der Waals surface area (Å²) < 4.78 is 5.13. The molecule has 0 saturated carbocycles. The van der Waals surface area contributed by atoms with Crippen LogP contribution in [0.4, 0.5) is 4.79 Å². The average Bonchev–Trinajstić information content (AvgIpc) is 1.96. The van der Waals surface area contributed by atoms with E-state index < -0.39 is 5.60 Å². The Kier molecular flexibility index (Phi) is 4.52. The first-order valence-electron chi connectivity index (χ1n) is 4.49. The molecule has 3 nitrogen and oxygen atoms in total. The Morgan fingerprint density at radius 1 is 1.46 bits per heavy atom. The molecule has 0 saturated heterocycles. The SMILES string of the molecule is CC/C=C\N(C)C(=O)OC(C)(C)C. The lowest BCUT2D eigenvalue weighted by Crippen LogP contribution is -2.31. The summed E-state index contributed by atoms with van der Waals surface area (Å²) in [5.41, 5.74) is -0.425. The topological polar surface area (TPSA) is 29.5 Å². The van der Waals surface area contributed by atoms with Crippen molar-refractivity contribution >= 4 is 6.09 Å². The summed E-state index contributed by atoms with van der Waals surface area (Å²) in [6, 6.07) is 0. The first-order valence-corrected chi connectivity index (χ1v) is 4.49. The van der Waals surface area contributed by atoms with Gasteiger partial charge in [0.2, 0.25) is 0 Å². The maximum absolute atomic E-state index is 11.3. The maximum Gasteiger partial charge on any atom is 0.414 e. The lowest BCUT2D eigenvalue weighted by molar-refractivity contribution is 0.0372. The molecule has 0 aromatic rings. The van der Waals surface area contributed by atoms with Gasteiger partial charge < -0.3 is 4.74 Å². The van der Waals surface area contributed by atoms with Gasteiger partial charge in [-0.1, -0.05) is 13.0 Å². The summed E-state index contributed by atoms with van der Waals surface area (Å²) in [4.78, 5) is 12.8. The van der Waals surface area contributed by atoms with E-state index in [-0.39, 0.29) is 6.09 Å². The van der Waals surface area contributed by atoms with Gasteiger partial charge in [-0.05, 0) is 27.2 Å². The molecule has 0 aromatic carbocycles. The number of hydrogen-bond donors (Lipinski definition) is 0. The Balaban J connectivity index is 4.04. The first kappa shape index (κ1) is 12.0. The fraction of sp³-hybridized carbons (Fsp3) is 0.700. The van der Waals surface area contributed by atoms with E-state index in [2.05, 4.69) is 0 Å². The fourth-order valence-corrected chi connectivity index (χ4v) is 0.658. The minimum Gasteiger partial charge on any atom is -0.443 e. The van der Waals surface area contributed by atoms with Gasteiger partial charge in [-0.25, -0.2) is 4.79 Å². The second-order valence-corrected chi connectivity index (χ2v) is 3.88. The number of hydrogen-bond acceptors (Lipinski definition) is 2. The Morgan fingerprint density at radius 2 is 2.00 bits per heavy atom. The molecular formula is C10H19NO2. The van der Waals surface area contributed by atoms with E-state index in [1.807, 2.05) is 33.8 Å². The summed E-state index contributed by atoms with van der Waals surface area (Å²) in [7, 11) is 1.68. The highest BCUT2D eigenvalue weighted by molar-refractivity contribution is 5.68. The second-order valence-electron chi connectivity index (χ2n) is 3.88. The van der Waals surface area contributed by atoms with Gasteiger partial charge in [0, 0.05) is 13.2 Å². The highest BCUT2D eigenvalue weighted by Crippen LogP contribution is 2.09. The third-order valence-corrected chi connectivity index (χ3v) is 1.25. The molecule has 0 aliphatic carbocycles. The predicted molar refractivity (Wildman–Crippen MR) is 53.4 cm³/mol. The van der Waals surface area contributed by atoms with E-state index in [4.69, 9.17) is 4.74 Å². The molecule has 0 heterocycles. The summed E-state index contributed by atoms with van der Waals surface area (Å²) >= 11 is 0. The predicted octanol–water partition coefficient (Wildman–Crippen LogP) is 2.78. The minimum atomic E-state index is -0.425. The minimum absolute atomic E-state index is 0.322. The third kappa shape index (κ3) is 6.20. The molecule has 3 heteroatoms. The van der Waals surface area contributed by atoms with Crippen molar-refractivity contribution in [2.24, 2.45) is 0 Å². The van der Waals surface area contributed by atoms with E-state index in [0.29, 0.717) is 0 Å². The van der Waals surface area contributed by atoms with E-state index in [9.17, 15) is 4.79 Å². The van der Waals surface area contributed by atoms with Gasteiger partial charge in [0.05, 0.1) is 0 Å². The zero-order valence-corrected chi connectivity index (χ0v) is 9.13. The molecule has 0 unspecified atom stereocenters. The van der Waals surface area contributed by atoms with Gasteiger partial charge in [0.1, 0.15) is 5.60 Å². The van der Waals surface area contributed by atoms with Crippen molar-refractivity contribution in [3.63, 3.8) is 0 Å². The molecule has 76 valence electrons. The van der Waals surface area contributed by atoms with E-state index in [0.717, 1.165) is 6.42 Å². The highest BCUT2D eigenvalue weighted by Gasteiger charge is 2.17. The highest BCUT2D eigenvalue weighted by atomic mass is 16.6. The molecule has 0 aliphatic heterocycles. The van der Waals surface area contributed by atoms with Crippen LogP contribution in [-0.2, 0) is 4.74 Å². The van der Waals surface area contributed by atoms with Crippen LogP contribution in [0.3, 0.4) is 0 Å². The van der Waals surface area contributed by atoms with Crippen LogP contribution in [0.5, 0.6) is 0 Å². The molecule has 0 bridgehead atoms. The molecule has 0 spiro atoms. The van der Waals surface area contributed by atoms with Crippen molar-refractivity contribution in [2.75, 3.05) is 7.05 Å².